The Labute approximate surface area is 429 Å². The van der Waals surface area contributed by atoms with Gasteiger partial charge in [-0.25, -0.2) is 4.79 Å². The summed E-state index contributed by atoms with van der Waals surface area (Å²) in [6.45, 7) is 3.98. The monoisotopic (exact) mass is 1030 g/mol. The molecule has 6 atom stereocenters. The number of carbonyl (C=O) groups excluding carboxylic acids is 4. The second kappa shape index (κ2) is 22.7. The van der Waals surface area contributed by atoms with Crippen molar-refractivity contribution in [1.29, 1.82) is 0 Å². The van der Waals surface area contributed by atoms with Crippen LogP contribution in [0.1, 0.15) is 72.3 Å². The number of hydrogen-bond donors (Lipinski definition) is 9. The molecule has 0 bridgehead atoms. The van der Waals surface area contributed by atoms with Crippen molar-refractivity contribution in [2.45, 2.75) is 92.2 Å². The summed E-state index contributed by atoms with van der Waals surface area (Å²) >= 11 is 1.46. The summed E-state index contributed by atoms with van der Waals surface area (Å²) in [7, 11) is 0. The van der Waals surface area contributed by atoms with Gasteiger partial charge in [0.2, 0.25) is 0 Å². The number of halogens is 3. The number of carboxylic acid groups (broad SMARTS) is 1. The molecule has 0 radical (unpaired) electrons. The number of hydrogen-bond acceptors (Lipinski definition) is 12. The number of amides is 2. The van der Waals surface area contributed by atoms with E-state index in [2.05, 4.69) is 9.97 Å². The average molecular weight is 1040 g/mol. The molecular formula is C54H61F3N10O6S. The summed E-state index contributed by atoms with van der Waals surface area (Å²) < 4.78 is 31.7. The SMILES string of the molecule is C[C@](N)(CCCN)C(=O)N1C(C(=O)[C@@H](N)Cc2c[nH]c3ccccc23)=CC(SC2C=C(C(=O)[C@@H](N)Cc3c[nH]c4ccccc34)N(C(=O)[C@@](C)(N)CCCN)c3ccccc32)c2ccccc21.O=C(O)C(F)(F)F. The van der Waals surface area contributed by atoms with Crippen LogP contribution in [0.4, 0.5) is 24.5 Å². The minimum atomic E-state index is -5.08. The van der Waals surface area contributed by atoms with Gasteiger partial charge in [-0.3, -0.25) is 29.0 Å². The Morgan fingerprint density at radius 1 is 0.622 bits per heavy atom. The number of nitrogens with zero attached hydrogens (tertiary/aromatic N) is 2. The maximum Gasteiger partial charge on any atom is 0.490 e. The molecule has 16 nitrogen and oxygen atoms in total. The number of aromatic amines is 2. The summed E-state index contributed by atoms with van der Waals surface area (Å²) in [6.07, 6.45) is 4.15. The van der Waals surface area contributed by atoms with Crippen molar-refractivity contribution in [3.05, 3.63) is 155 Å². The van der Waals surface area contributed by atoms with E-state index in [-0.39, 0.29) is 37.1 Å². The van der Waals surface area contributed by atoms with Gasteiger partial charge in [-0.1, -0.05) is 72.8 Å². The number of carboxylic acids is 1. The van der Waals surface area contributed by atoms with Crippen molar-refractivity contribution < 1.29 is 42.3 Å². The molecule has 4 heterocycles. The highest BCUT2D eigenvalue weighted by atomic mass is 32.2. The van der Waals surface area contributed by atoms with Gasteiger partial charge in [0.15, 0.2) is 11.6 Å². The quantitative estimate of drug-likeness (QED) is 0.0448. The lowest BCUT2D eigenvalue weighted by Gasteiger charge is -2.40. The summed E-state index contributed by atoms with van der Waals surface area (Å²) in [6, 6.07) is 28.3. The molecule has 15 N–H and O–H groups in total. The minimum absolute atomic E-state index is 0.0960. The molecule has 2 amide bonds. The second-order valence-electron chi connectivity index (χ2n) is 19.0. The number of alkyl halides is 3. The van der Waals surface area contributed by atoms with Crippen LogP contribution in [0.25, 0.3) is 21.8 Å². The fourth-order valence-electron chi connectivity index (χ4n) is 9.25. The van der Waals surface area contributed by atoms with E-state index in [4.69, 9.17) is 44.3 Å². The fourth-order valence-corrected chi connectivity index (χ4v) is 10.7. The van der Waals surface area contributed by atoms with Crippen LogP contribution >= 0.6 is 11.8 Å². The number of nitrogens with one attached hydrogen (secondary N) is 2. The molecule has 2 aromatic heterocycles. The summed E-state index contributed by atoms with van der Waals surface area (Å²) in [5.41, 5.74) is 42.5. The van der Waals surface area contributed by atoms with E-state index in [9.17, 15) is 32.3 Å². The molecule has 2 unspecified atom stereocenters. The van der Waals surface area contributed by atoms with Gasteiger partial charge in [-0.2, -0.15) is 13.2 Å². The molecule has 0 aliphatic carbocycles. The Morgan fingerprint density at radius 3 is 1.34 bits per heavy atom. The zero-order valence-corrected chi connectivity index (χ0v) is 41.7. The third kappa shape index (κ3) is 11.7. The van der Waals surface area contributed by atoms with Crippen LogP contribution in [0.3, 0.4) is 0 Å². The van der Waals surface area contributed by atoms with E-state index in [0.717, 1.165) is 44.1 Å². The molecule has 0 saturated heterocycles. The van der Waals surface area contributed by atoms with E-state index >= 15 is 0 Å². The van der Waals surface area contributed by atoms with E-state index in [1.165, 1.54) is 21.6 Å². The van der Waals surface area contributed by atoms with E-state index in [1.54, 1.807) is 38.1 Å². The number of nitrogens with two attached hydrogens (primary N) is 6. The van der Waals surface area contributed by atoms with E-state index < -0.39 is 69.2 Å². The molecule has 20 heteroatoms. The minimum Gasteiger partial charge on any atom is -0.475 e. The first kappa shape index (κ1) is 54.9. The van der Waals surface area contributed by atoms with Gasteiger partial charge in [-0.05, 0) is 124 Å². The van der Waals surface area contributed by atoms with Crippen molar-refractivity contribution in [2.75, 3.05) is 22.9 Å². The number of Topliss-reactive ketones (excluding diaryl/α,β-unsaturated/α-hetero) is 2. The van der Waals surface area contributed by atoms with E-state index in [1.807, 2.05) is 97.3 Å². The standard InChI is InChI=1S/C52H60N10O4S.C2HF3O2/c1-51(57,21-11-23-53)49(65)61-41-19-9-5-15-35(41)45(27-43(61)47(63)37(55)25-31-29-59-39-17-7-3-13-33(31)39)67-46-28-44(48(64)38(56)26-32-30-60-40-18-8-4-14-34(32)40)62(42-20-10-6-16-36(42)46)50(66)52(2,58)22-12-24-54;3-2(4,5)1(6)7/h3-10,13-20,27-30,37-38,45-46,59-60H,11-12,21-26,53-58H2,1-2H3;(H,6,7)/t37-,38-,45?,46?,51-,52-;/m0./s1. The highest BCUT2D eigenvalue weighted by molar-refractivity contribution is 8.00. The largest absolute Gasteiger partial charge is 0.490 e. The van der Waals surface area contributed by atoms with Gasteiger partial charge >= 0.3 is 12.1 Å². The van der Waals surface area contributed by atoms with Crippen LogP contribution in [0.5, 0.6) is 0 Å². The van der Waals surface area contributed by atoms with Crippen molar-refractivity contribution in [3.8, 4) is 0 Å². The summed E-state index contributed by atoms with van der Waals surface area (Å²) in [4.78, 5) is 77.8. The molecule has 2 aliphatic heterocycles. The zero-order valence-electron chi connectivity index (χ0n) is 40.9. The number of fused-ring (bicyclic) bond motifs is 4. The number of carbonyl (C=O) groups is 5. The molecule has 0 spiro atoms. The van der Waals surface area contributed by atoms with Gasteiger partial charge in [-0.15, -0.1) is 11.8 Å². The Morgan fingerprint density at radius 2 is 0.973 bits per heavy atom. The first-order valence-corrected chi connectivity index (χ1v) is 25.0. The first-order valence-electron chi connectivity index (χ1n) is 24.0. The van der Waals surface area contributed by atoms with Crippen molar-refractivity contribution in [3.63, 3.8) is 0 Å². The lowest BCUT2D eigenvalue weighted by atomic mass is 9.90. The number of ketones is 2. The second-order valence-corrected chi connectivity index (χ2v) is 20.3. The number of para-hydroxylation sites is 4. The Balaban J connectivity index is 0.00000107. The van der Waals surface area contributed by atoms with Gasteiger partial charge in [0.1, 0.15) is 0 Å². The molecule has 0 fully saturated rings. The maximum atomic E-state index is 15.0. The number of rotatable bonds is 18. The topological polar surface area (TPSA) is 300 Å². The van der Waals surface area contributed by atoms with Crippen molar-refractivity contribution in [1.82, 2.24) is 9.97 Å². The van der Waals surface area contributed by atoms with Crippen molar-refractivity contribution >= 4 is 74.3 Å². The molecule has 2 aliphatic rings. The highest BCUT2D eigenvalue weighted by Crippen LogP contribution is 2.53. The molecule has 6 aromatic rings. The fraction of sp³-hybridized carbons (Fsp3) is 0.315. The third-order valence-corrected chi connectivity index (χ3v) is 14.6. The van der Waals surface area contributed by atoms with Crippen LogP contribution in [-0.4, -0.2) is 86.9 Å². The Kier molecular flexibility index (Phi) is 16.8. The molecule has 8 rings (SSSR count). The van der Waals surface area contributed by atoms with Crippen LogP contribution < -0.4 is 44.2 Å². The smallest absolute Gasteiger partial charge is 0.475 e. The van der Waals surface area contributed by atoms with Gasteiger partial charge < -0.3 is 49.5 Å². The Hall–Kier alpha value is -6.91. The van der Waals surface area contributed by atoms with E-state index in [0.29, 0.717) is 37.3 Å². The lowest BCUT2D eigenvalue weighted by Crippen LogP contribution is -2.56. The molecule has 0 saturated carbocycles. The van der Waals surface area contributed by atoms with Gasteiger partial charge in [0, 0.05) is 34.2 Å². The van der Waals surface area contributed by atoms with Crippen LogP contribution in [-0.2, 0) is 36.8 Å². The number of H-pyrrole nitrogens is 2. The number of aliphatic carboxylic acids is 1. The number of thioether (sulfide) groups is 1. The number of benzene rings is 4. The zero-order chi connectivity index (χ0) is 53.7. The first-order chi connectivity index (χ1) is 35.1. The average Bonchev–Trinajstić information content (AvgIpc) is 3.99. The highest BCUT2D eigenvalue weighted by Gasteiger charge is 2.45. The number of aromatic nitrogens is 2. The van der Waals surface area contributed by atoms with Crippen LogP contribution in [0, 0.1) is 0 Å². The third-order valence-electron chi connectivity index (χ3n) is 13.2. The van der Waals surface area contributed by atoms with Crippen LogP contribution in [0.2, 0.25) is 0 Å². The normalized spacial score (nSPS) is 17.9. The van der Waals surface area contributed by atoms with Gasteiger partial charge in [0.25, 0.3) is 11.8 Å². The summed E-state index contributed by atoms with van der Waals surface area (Å²) in [5, 5.41) is 7.89. The van der Waals surface area contributed by atoms with Crippen molar-refractivity contribution in [2.24, 2.45) is 34.4 Å². The molecule has 74 heavy (non-hydrogen) atoms. The van der Waals surface area contributed by atoms with Crippen LogP contribution in [0.15, 0.2) is 133 Å². The molecule has 4 aromatic carbocycles. The van der Waals surface area contributed by atoms with Gasteiger partial charge in [0.05, 0.1) is 56.4 Å². The predicted molar refractivity (Wildman–Crippen MR) is 283 cm³/mol. The molecule has 390 valence electrons. The predicted octanol–water partition coefficient (Wildman–Crippen LogP) is 6.45. The summed E-state index contributed by atoms with van der Waals surface area (Å²) in [5.74, 6) is -4.58. The maximum absolute atomic E-state index is 15.0. The number of anilines is 2. The molecular weight excluding hydrogens is 974 g/mol. The lowest BCUT2D eigenvalue weighted by molar-refractivity contribution is -0.192. The Bertz CT molecular complexity index is 2930.